The van der Waals surface area contributed by atoms with Crippen molar-refractivity contribution in [1.82, 2.24) is 4.90 Å². The maximum atomic E-state index is 9.79. The van der Waals surface area contributed by atoms with Crippen LogP contribution in [0.15, 0.2) is 0 Å². The molecule has 0 saturated carbocycles. The van der Waals surface area contributed by atoms with E-state index in [0.717, 1.165) is 25.0 Å². The lowest BCUT2D eigenvalue weighted by Crippen LogP contribution is -2.42. The third-order valence-corrected chi connectivity index (χ3v) is 3.52. The van der Waals surface area contributed by atoms with Crippen LogP contribution in [0.5, 0.6) is 0 Å². The predicted octanol–water partition coefficient (Wildman–Crippen LogP) is 2.75. The summed E-state index contributed by atoms with van der Waals surface area (Å²) < 4.78 is 0. The highest BCUT2D eigenvalue weighted by atomic mass is 79.9. The number of rotatable bonds is 7. The van der Waals surface area contributed by atoms with Crippen LogP contribution in [0.2, 0.25) is 0 Å². The van der Waals surface area contributed by atoms with Crippen molar-refractivity contribution in [2.45, 2.75) is 40.2 Å². The van der Waals surface area contributed by atoms with Crippen LogP contribution in [-0.4, -0.2) is 40.6 Å². The molecule has 0 fully saturated rings. The molecule has 15 heavy (non-hydrogen) atoms. The summed E-state index contributed by atoms with van der Waals surface area (Å²) in [7, 11) is 0. The fraction of sp³-hybridized carbons (Fsp3) is 1.00. The molecule has 92 valence electrons. The molecule has 0 aliphatic rings. The summed E-state index contributed by atoms with van der Waals surface area (Å²) in [5.41, 5.74) is -0.593. The van der Waals surface area contributed by atoms with Crippen LogP contribution >= 0.6 is 15.9 Å². The molecule has 0 aromatic rings. The normalized spacial score (nSPS) is 15.0. The van der Waals surface area contributed by atoms with Gasteiger partial charge in [-0.1, -0.05) is 36.7 Å². The summed E-state index contributed by atoms with van der Waals surface area (Å²) in [5, 5.41) is 10.8. The summed E-state index contributed by atoms with van der Waals surface area (Å²) >= 11 is 3.56. The highest BCUT2D eigenvalue weighted by Crippen LogP contribution is 2.16. The zero-order chi connectivity index (χ0) is 12.1. The Hall–Kier alpha value is 0.400. The Morgan fingerprint density at radius 2 is 1.87 bits per heavy atom. The van der Waals surface area contributed by atoms with Crippen molar-refractivity contribution >= 4 is 15.9 Å². The topological polar surface area (TPSA) is 23.5 Å². The Balaban J connectivity index is 4.19. The summed E-state index contributed by atoms with van der Waals surface area (Å²) in [5.74, 6) is 1.34. The second-order valence-corrected chi connectivity index (χ2v) is 5.95. The number of hydrogen-bond acceptors (Lipinski definition) is 2. The molecule has 0 amide bonds. The highest BCUT2D eigenvalue weighted by molar-refractivity contribution is 9.09. The van der Waals surface area contributed by atoms with Gasteiger partial charge in [-0.3, -0.25) is 0 Å². The average molecular weight is 280 g/mol. The summed E-state index contributed by atoms with van der Waals surface area (Å²) in [6, 6.07) is 0. The fourth-order valence-electron chi connectivity index (χ4n) is 1.62. The molecule has 0 bridgehead atoms. The largest absolute Gasteiger partial charge is 0.389 e. The molecule has 0 aromatic heterocycles. The molecule has 0 radical (unpaired) electrons. The molecular formula is C12H26BrNO. The van der Waals surface area contributed by atoms with Crippen molar-refractivity contribution in [2.24, 2.45) is 11.8 Å². The van der Waals surface area contributed by atoms with Crippen LogP contribution in [0.3, 0.4) is 0 Å². The number of aliphatic hydroxyl groups is 1. The second kappa shape index (κ2) is 6.87. The third-order valence-electron chi connectivity index (χ3n) is 2.69. The van der Waals surface area contributed by atoms with Crippen LogP contribution < -0.4 is 0 Å². The lowest BCUT2D eigenvalue weighted by Gasteiger charge is -2.32. The molecule has 1 unspecified atom stereocenters. The molecule has 2 nitrogen and oxygen atoms in total. The van der Waals surface area contributed by atoms with Gasteiger partial charge in [0.05, 0.1) is 5.60 Å². The molecule has 0 aliphatic heterocycles. The van der Waals surface area contributed by atoms with Crippen LogP contribution in [0.4, 0.5) is 0 Å². The lowest BCUT2D eigenvalue weighted by molar-refractivity contribution is 0.0317. The van der Waals surface area contributed by atoms with Crippen LogP contribution in [0.25, 0.3) is 0 Å². The van der Waals surface area contributed by atoms with Crippen LogP contribution in [-0.2, 0) is 0 Å². The molecule has 0 aromatic carbocycles. The zero-order valence-corrected chi connectivity index (χ0v) is 12.3. The molecule has 0 saturated heterocycles. The van der Waals surface area contributed by atoms with E-state index in [1.165, 1.54) is 0 Å². The molecular weight excluding hydrogens is 254 g/mol. The zero-order valence-electron chi connectivity index (χ0n) is 10.8. The summed E-state index contributed by atoms with van der Waals surface area (Å²) in [4.78, 5) is 2.33. The maximum absolute atomic E-state index is 9.79. The van der Waals surface area contributed by atoms with Gasteiger partial charge >= 0.3 is 0 Å². The van der Waals surface area contributed by atoms with Crippen molar-refractivity contribution in [3.63, 3.8) is 0 Å². The number of nitrogens with zero attached hydrogens (tertiary/aromatic N) is 1. The highest BCUT2D eigenvalue weighted by Gasteiger charge is 2.21. The first-order chi connectivity index (χ1) is 6.80. The SMILES string of the molecule is CCN(CC(CBr)C(C)C)CC(C)(C)O. The van der Waals surface area contributed by atoms with Gasteiger partial charge in [0, 0.05) is 18.4 Å². The second-order valence-electron chi connectivity index (χ2n) is 5.30. The van der Waals surface area contributed by atoms with E-state index in [1.54, 1.807) is 0 Å². The van der Waals surface area contributed by atoms with Crippen molar-refractivity contribution in [3.05, 3.63) is 0 Å². The quantitative estimate of drug-likeness (QED) is 0.725. The average Bonchev–Trinajstić information content (AvgIpc) is 2.09. The van der Waals surface area contributed by atoms with E-state index in [-0.39, 0.29) is 0 Å². The minimum atomic E-state index is -0.593. The van der Waals surface area contributed by atoms with Gasteiger partial charge in [-0.2, -0.15) is 0 Å². The van der Waals surface area contributed by atoms with Gasteiger partial charge in [0.25, 0.3) is 0 Å². The summed E-state index contributed by atoms with van der Waals surface area (Å²) in [6.07, 6.45) is 0. The van der Waals surface area contributed by atoms with Gasteiger partial charge in [-0.05, 0) is 32.2 Å². The molecule has 0 aliphatic carbocycles. The number of halogens is 1. The van der Waals surface area contributed by atoms with Gasteiger partial charge in [0.1, 0.15) is 0 Å². The minimum Gasteiger partial charge on any atom is -0.389 e. The molecule has 0 rings (SSSR count). The fourth-order valence-corrected chi connectivity index (χ4v) is 2.57. The first-order valence-electron chi connectivity index (χ1n) is 5.80. The number of hydrogen-bond donors (Lipinski definition) is 1. The smallest absolute Gasteiger partial charge is 0.0718 e. The van der Waals surface area contributed by atoms with Crippen molar-refractivity contribution in [1.29, 1.82) is 0 Å². The molecule has 1 atom stereocenters. The first kappa shape index (κ1) is 15.4. The van der Waals surface area contributed by atoms with E-state index < -0.39 is 5.60 Å². The standard InChI is InChI=1S/C12H26BrNO/c1-6-14(9-12(4,5)15)8-11(7-13)10(2)3/h10-11,15H,6-9H2,1-5H3. The third kappa shape index (κ3) is 7.31. The maximum Gasteiger partial charge on any atom is 0.0718 e. The Morgan fingerprint density at radius 3 is 2.13 bits per heavy atom. The monoisotopic (exact) mass is 279 g/mol. The van der Waals surface area contributed by atoms with Gasteiger partial charge in [-0.15, -0.1) is 0 Å². The Morgan fingerprint density at radius 1 is 1.33 bits per heavy atom. The molecule has 0 spiro atoms. The Labute approximate surface area is 103 Å². The van der Waals surface area contributed by atoms with Crippen molar-refractivity contribution in [2.75, 3.05) is 25.0 Å². The number of likely N-dealkylation sites (N-methyl/N-ethyl adjacent to an activating group) is 1. The Bertz CT molecular complexity index is 165. The van der Waals surface area contributed by atoms with Crippen molar-refractivity contribution in [3.8, 4) is 0 Å². The Kier molecular flexibility index (Phi) is 7.05. The van der Waals surface area contributed by atoms with Crippen LogP contribution in [0, 0.1) is 11.8 Å². The number of alkyl halides is 1. The van der Waals surface area contributed by atoms with Gasteiger partial charge in [-0.25, -0.2) is 0 Å². The van der Waals surface area contributed by atoms with E-state index in [2.05, 4.69) is 41.6 Å². The van der Waals surface area contributed by atoms with E-state index in [9.17, 15) is 5.11 Å². The summed E-state index contributed by atoms with van der Waals surface area (Å²) in [6.45, 7) is 13.2. The van der Waals surface area contributed by atoms with Gasteiger partial charge < -0.3 is 10.0 Å². The van der Waals surface area contributed by atoms with E-state index >= 15 is 0 Å². The van der Waals surface area contributed by atoms with E-state index in [0.29, 0.717) is 11.8 Å². The molecule has 0 heterocycles. The lowest BCUT2D eigenvalue weighted by atomic mass is 9.97. The molecule has 3 heteroatoms. The van der Waals surface area contributed by atoms with Gasteiger partial charge in [0.15, 0.2) is 0 Å². The van der Waals surface area contributed by atoms with Crippen LogP contribution in [0.1, 0.15) is 34.6 Å². The van der Waals surface area contributed by atoms with E-state index in [4.69, 9.17) is 0 Å². The minimum absolute atomic E-state index is 0.593. The van der Waals surface area contributed by atoms with E-state index in [1.807, 2.05) is 13.8 Å². The van der Waals surface area contributed by atoms with Gasteiger partial charge in [0.2, 0.25) is 0 Å². The predicted molar refractivity (Wildman–Crippen MR) is 70.5 cm³/mol. The molecule has 1 N–H and O–H groups in total. The van der Waals surface area contributed by atoms with Crippen molar-refractivity contribution < 1.29 is 5.11 Å². The first-order valence-corrected chi connectivity index (χ1v) is 6.93.